The Morgan fingerprint density at radius 1 is 1.31 bits per heavy atom. The summed E-state index contributed by atoms with van der Waals surface area (Å²) in [7, 11) is 1.76. The molecule has 32 heavy (non-hydrogen) atoms. The van der Waals surface area contributed by atoms with Gasteiger partial charge in [0.1, 0.15) is 5.02 Å². The molecule has 9 heteroatoms. The van der Waals surface area contributed by atoms with Crippen LogP contribution in [0.2, 0.25) is 5.02 Å². The van der Waals surface area contributed by atoms with Crippen molar-refractivity contribution in [1.82, 2.24) is 19.1 Å². The molecule has 1 fully saturated rings. The smallest absolute Gasteiger partial charge is 0.328 e. The number of rotatable bonds is 6. The van der Waals surface area contributed by atoms with E-state index in [0.717, 1.165) is 36.2 Å². The van der Waals surface area contributed by atoms with Crippen molar-refractivity contribution in [2.75, 3.05) is 23.3 Å². The fourth-order valence-corrected chi connectivity index (χ4v) is 4.33. The molecule has 8 nitrogen and oxygen atoms in total. The van der Waals surface area contributed by atoms with E-state index in [0.29, 0.717) is 35.7 Å². The van der Waals surface area contributed by atoms with Crippen LogP contribution < -0.4 is 15.9 Å². The molecule has 2 N–H and O–H groups in total. The van der Waals surface area contributed by atoms with Gasteiger partial charge in [0.05, 0.1) is 22.8 Å². The number of hydrogen-bond acceptors (Lipinski definition) is 6. The molecule has 0 aliphatic carbocycles. The van der Waals surface area contributed by atoms with E-state index < -0.39 is 5.60 Å². The molecule has 1 atom stereocenters. The van der Waals surface area contributed by atoms with Crippen LogP contribution in [0.1, 0.15) is 40.0 Å². The Balaban J connectivity index is 1.64. The van der Waals surface area contributed by atoms with Crippen LogP contribution in [0.4, 0.5) is 17.5 Å². The second kappa shape index (κ2) is 8.75. The van der Waals surface area contributed by atoms with Gasteiger partial charge < -0.3 is 15.3 Å². The summed E-state index contributed by atoms with van der Waals surface area (Å²) in [5.41, 5.74) is 1.44. The van der Waals surface area contributed by atoms with Gasteiger partial charge in [-0.05, 0) is 57.2 Å². The SMILES string of the molecule is CC1CCCN(c2ncc(Cl)c(Nc3ccc4c(c3)n(CCC(C)(C)O)c(=O)n4C)n2)C1. The Kier molecular flexibility index (Phi) is 6.18. The number of piperidine rings is 1. The predicted octanol–water partition coefficient (Wildman–Crippen LogP) is 3.92. The number of aliphatic hydroxyl groups is 1. The molecule has 3 aromatic rings. The van der Waals surface area contributed by atoms with E-state index in [-0.39, 0.29) is 5.69 Å². The minimum Gasteiger partial charge on any atom is -0.390 e. The van der Waals surface area contributed by atoms with Gasteiger partial charge in [-0.3, -0.25) is 9.13 Å². The van der Waals surface area contributed by atoms with Crippen LogP contribution in [0.3, 0.4) is 0 Å². The van der Waals surface area contributed by atoms with Crippen molar-refractivity contribution in [2.45, 2.75) is 52.2 Å². The third kappa shape index (κ3) is 4.76. The zero-order valence-electron chi connectivity index (χ0n) is 19.1. The molecule has 1 unspecified atom stereocenters. The molecule has 0 amide bonds. The fraction of sp³-hybridized carbons (Fsp3) is 0.522. The number of aromatic nitrogens is 4. The highest BCUT2D eigenvalue weighted by Gasteiger charge is 2.20. The standard InChI is InChI=1S/C23H31ClN6O2/c1-15-6-5-10-29(14-15)21-25-13-17(24)20(27-21)26-16-7-8-18-19(12-16)30(22(31)28(18)4)11-9-23(2,3)32/h7-8,12-13,15,32H,5-6,9-11,14H2,1-4H3,(H,25,26,27). The molecule has 172 valence electrons. The molecule has 1 saturated heterocycles. The van der Waals surface area contributed by atoms with Crippen LogP contribution in [0.5, 0.6) is 0 Å². The largest absolute Gasteiger partial charge is 0.390 e. The zero-order valence-corrected chi connectivity index (χ0v) is 19.9. The normalized spacial score (nSPS) is 17.2. The first-order chi connectivity index (χ1) is 15.1. The van der Waals surface area contributed by atoms with Crippen LogP contribution in [0.15, 0.2) is 29.2 Å². The van der Waals surface area contributed by atoms with E-state index in [2.05, 4.69) is 27.1 Å². The Morgan fingerprint density at radius 2 is 2.09 bits per heavy atom. The minimum atomic E-state index is -0.853. The zero-order chi connectivity index (χ0) is 23.0. The van der Waals surface area contributed by atoms with Crippen LogP contribution in [0.25, 0.3) is 11.0 Å². The summed E-state index contributed by atoms with van der Waals surface area (Å²) in [4.78, 5) is 24.1. The van der Waals surface area contributed by atoms with Gasteiger partial charge in [0.25, 0.3) is 0 Å². The molecule has 1 aliphatic rings. The van der Waals surface area contributed by atoms with Crippen LogP contribution in [-0.2, 0) is 13.6 Å². The first-order valence-corrected chi connectivity index (χ1v) is 11.5. The third-order valence-corrected chi connectivity index (χ3v) is 6.30. The van der Waals surface area contributed by atoms with Gasteiger partial charge in [0, 0.05) is 32.4 Å². The second-order valence-electron chi connectivity index (χ2n) is 9.44. The van der Waals surface area contributed by atoms with Crippen molar-refractivity contribution >= 4 is 40.1 Å². The summed E-state index contributed by atoms with van der Waals surface area (Å²) in [5, 5.41) is 13.8. The van der Waals surface area contributed by atoms with Gasteiger partial charge in [-0.15, -0.1) is 0 Å². The maximum Gasteiger partial charge on any atom is 0.328 e. The van der Waals surface area contributed by atoms with E-state index in [1.807, 2.05) is 18.2 Å². The fourth-order valence-electron chi connectivity index (χ4n) is 4.20. The lowest BCUT2D eigenvalue weighted by Gasteiger charge is -2.31. The number of fused-ring (bicyclic) bond motifs is 1. The molecule has 1 aliphatic heterocycles. The third-order valence-electron chi connectivity index (χ3n) is 6.03. The Morgan fingerprint density at radius 3 is 2.81 bits per heavy atom. The van der Waals surface area contributed by atoms with Crippen LogP contribution >= 0.6 is 11.6 Å². The number of nitrogens with zero attached hydrogens (tertiary/aromatic N) is 5. The van der Waals surface area contributed by atoms with Crippen molar-refractivity contribution in [2.24, 2.45) is 13.0 Å². The van der Waals surface area contributed by atoms with Crippen LogP contribution in [0, 0.1) is 5.92 Å². The number of aryl methyl sites for hydroxylation is 2. The minimum absolute atomic E-state index is 0.108. The van der Waals surface area contributed by atoms with E-state index in [1.54, 1.807) is 36.2 Å². The monoisotopic (exact) mass is 458 g/mol. The average Bonchev–Trinajstić information content (AvgIpc) is 2.97. The molecule has 3 heterocycles. The number of benzene rings is 1. The summed E-state index contributed by atoms with van der Waals surface area (Å²) < 4.78 is 3.32. The number of imidazole rings is 1. The summed E-state index contributed by atoms with van der Waals surface area (Å²) in [6.45, 7) is 8.03. The second-order valence-corrected chi connectivity index (χ2v) is 9.85. The molecule has 0 spiro atoms. The summed E-state index contributed by atoms with van der Waals surface area (Å²) in [6, 6.07) is 5.73. The van der Waals surface area contributed by atoms with Gasteiger partial charge in [-0.1, -0.05) is 18.5 Å². The van der Waals surface area contributed by atoms with Crippen molar-refractivity contribution in [3.8, 4) is 0 Å². The molecule has 4 rings (SSSR count). The Bertz CT molecular complexity index is 1180. The Labute approximate surface area is 192 Å². The van der Waals surface area contributed by atoms with Gasteiger partial charge >= 0.3 is 5.69 Å². The summed E-state index contributed by atoms with van der Waals surface area (Å²) >= 11 is 6.40. The van der Waals surface area contributed by atoms with E-state index in [1.165, 1.54) is 6.42 Å². The maximum absolute atomic E-state index is 12.8. The van der Waals surface area contributed by atoms with Crippen LogP contribution in [-0.4, -0.2) is 42.9 Å². The van der Waals surface area contributed by atoms with Crippen molar-refractivity contribution in [1.29, 1.82) is 0 Å². The maximum atomic E-state index is 12.8. The lowest BCUT2D eigenvalue weighted by Crippen LogP contribution is -2.35. The molecule has 0 radical (unpaired) electrons. The molecule has 2 aromatic heterocycles. The summed E-state index contributed by atoms with van der Waals surface area (Å²) in [6.07, 6.45) is 4.45. The Hall–Kier alpha value is -2.58. The molecule has 0 bridgehead atoms. The average molecular weight is 459 g/mol. The van der Waals surface area contributed by atoms with Crippen molar-refractivity contribution in [3.63, 3.8) is 0 Å². The molecule has 0 saturated carbocycles. The van der Waals surface area contributed by atoms with Gasteiger partial charge in [0.2, 0.25) is 5.95 Å². The molecule has 1 aromatic carbocycles. The molecular weight excluding hydrogens is 428 g/mol. The highest BCUT2D eigenvalue weighted by Crippen LogP contribution is 2.28. The quantitative estimate of drug-likeness (QED) is 0.582. The van der Waals surface area contributed by atoms with E-state index in [9.17, 15) is 9.90 Å². The number of anilines is 3. The highest BCUT2D eigenvalue weighted by molar-refractivity contribution is 6.32. The van der Waals surface area contributed by atoms with Gasteiger partial charge in [0.15, 0.2) is 5.82 Å². The lowest BCUT2D eigenvalue weighted by atomic mass is 10.0. The predicted molar refractivity (Wildman–Crippen MR) is 129 cm³/mol. The molecular formula is C23H31ClN6O2. The highest BCUT2D eigenvalue weighted by atomic mass is 35.5. The van der Waals surface area contributed by atoms with Crippen molar-refractivity contribution in [3.05, 3.63) is 39.9 Å². The number of halogens is 1. The lowest BCUT2D eigenvalue weighted by molar-refractivity contribution is 0.0662. The summed E-state index contributed by atoms with van der Waals surface area (Å²) in [5.74, 6) is 1.82. The first kappa shape index (κ1) is 22.6. The van der Waals surface area contributed by atoms with Crippen molar-refractivity contribution < 1.29 is 5.11 Å². The van der Waals surface area contributed by atoms with E-state index in [4.69, 9.17) is 11.6 Å². The van der Waals surface area contributed by atoms with Gasteiger partial charge in [-0.2, -0.15) is 4.98 Å². The van der Waals surface area contributed by atoms with E-state index >= 15 is 0 Å². The number of nitrogens with one attached hydrogen (secondary N) is 1. The van der Waals surface area contributed by atoms with Gasteiger partial charge in [-0.25, -0.2) is 9.78 Å². The number of hydrogen-bond donors (Lipinski definition) is 2. The topological polar surface area (TPSA) is 88.2 Å². The first-order valence-electron chi connectivity index (χ1n) is 11.1.